The Hall–Kier alpha value is -4.12. The van der Waals surface area contributed by atoms with Crippen molar-refractivity contribution in [2.75, 3.05) is 7.11 Å². The van der Waals surface area contributed by atoms with E-state index in [-0.39, 0.29) is 5.92 Å². The van der Waals surface area contributed by atoms with Crippen molar-refractivity contribution >= 4 is 23.6 Å². The number of aliphatic imine (C=N–C) groups is 2. The highest BCUT2D eigenvalue weighted by molar-refractivity contribution is 6.11. The standard InChI is InChI=1S/C38H46N4O/c1-12-30-20(3)32(39-24(30)7)18-34-22(5)36(26(9)41-34)38(28-14-16-29(43-11)17-15-28)37-23(6)35(42-27(37)10)19-33-21(4)31(13-2)25(8)40-33/h14-19,38-40H,12-13H2,1-11H3/b34-18-,35-19+. The third-order valence-electron chi connectivity index (χ3n) is 9.49. The fraction of sp³-hybridized carbons (Fsp3) is 0.368. The van der Waals surface area contributed by atoms with Crippen molar-refractivity contribution in [3.63, 3.8) is 0 Å². The molecule has 5 nitrogen and oxygen atoms in total. The Morgan fingerprint density at radius 2 is 1.09 bits per heavy atom. The lowest BCUT2D eigenvalue weighted by atomic mass is 9.78. The lowest BCUT2D eigenvalue weighted by Crippen LogP contribution is -2.15. The molecular formula is C38H46N4O. The summed E-state index contributed by atoms with van der Waals surface area (Å²) in [5.41, 5.74) is 20.4. The molecule has 2 aliphatic rings. The molecule has 5 heteroatoms. The van der Waals surface area contributed by atoms with Crippen LogP contribution < -0.4 is 4.74 Å². The summed E-state index contributed by atoms with van der Waals surface area (Å²) in [6.07, 6.45) is 6.48. The number of aryl methyl sites for hydroxylation is 2. The Morgan fingerprint density at radius 1 is 0.674 bits per heavy atom. The number of aromatic amines is 2. The number of nitrogens with zero attached hydrogens (tertiary/aromatic N) is 2. The maximum absolute atomic E-state index is 5.52. The van der Waals surface area contributed by atoms with Gasteiger partial charge in [0, 0.05) is 40.1 Å². The number of hydrogen-bond acceptors (Lipinski definition) is 3. The highest BCUT2D eigenvalue weighted by Crippen LogP contribution is 2.45. The van der Waals surface area contributed by atoms with Gasteiger partial charge >= 0.3 is 0 Å². The minimum atomic E-state index is -0.00874. The molecule has 0 saturated carbocycles. The Labute approximate surface area is 257 Å². The SMILES string of the molecule is CCc1c(C)[nH]c(/C=C2\N=C(C)C(C(C3=C(C)/C(=C\c4[nH]c(C)c(CC)c4C)N=C3C)c3ccc(OC)cc3)=C2C)c1C. The van der Waals surface area contributed by atoms with Crippen LogP contribution in [-0.4, -0.2) is 28.5 Å². The van der Waals surface area contributed by atoms with Gasteiger partial charge in [0.1, 0.15) is 5.75 Å². The fourth-order valence-electron chi connectivity index (χ4n) is 7.13. The minimum absolute atomic E-state index is 0.00874. The molecule has 0 fully saturated rings. The maximum atomic E-state index is 5.52. The minimum Gasteiger partial charge on any atom is -0.497 e. The Morgan fingerprint density at radius 3 is 1.44 bits per heavy atom. The van der Waals surface area contributed by atoms with E-state index in [2.05, 4.69) is 116 Å². The molecule has 0 aliphatic carbocycles. The van der Waals surface area contributed by atoms with Crippen molar-refractivity contribution in [1.82, 2.24) is 9.97 Å². The van der Waals surface area contributed by atoms with Crippen LogP contribution in [0.25, 0.3) is 12.2 Å². The molecule has 43 heavy (non-hydrogen) atoms. The molecule has 0 bridgehead atoms. The Kier molecular flexibility index (Phi) is 8.38. The van der Waals surface area contributed by atoms with E-state index >= 15 is 0 Å². The molecule has 0 amide bonds. The maximum Gasteiger partial charge on any atom is 0.118 e. The zero-order chi connectivity index (χ0) is 31.2. The van der Waals surface area contributed by atoms with Crippen LogP contribution in [0.4, 0.5) is 0 Å². The zero-order valence-electron chi connectivity index (χ0n) is 27.8. The number of H-pyrrole nitrogens is 2. The van der Waals surface area contributed by atoms with E-state index in [0.717, 1.165) is 52.8 Å². The molecule has 224 valence electrons. The number of ether oxygens (including phenoxy) is 1. The van der Waals surface area contributed by atoms with Crippen LogP contribution in [-0.2, 0) is 12.8 Å². The first-order valence-electron chi connectivity index (χ1n) is 15.5. The second-order valence-corrected chi connectivity index (χ2v) is 12.0. The Bertz CT molecular complexity index is 1670. The van der Waals surface area contributed by atoms with Crippen molar-refractivity contribution < 1.29 is 4.74 Å². The van der Waals surface area contributed by atoms with Crippen LogP contribution in [0.3, 0.4) is 0 Å². The van der Waals surface area contributed by atoms with Crippen molar-refractivity contribution in [3.05, 3.63) is 109 Å². The molecule has 1 atom stereocenters. The van der Waals surface area contributed by atoms with Gasteiger partial charge in [0.25, 0.3) is 0 Å². The number of rotatable bonds is 8. The van der Waals surface area contributed by atoms with E-state index in [1.54, 1.807) is 7.11 Å². The highest BCUT2D eigenvalue weighted by Gasteiger charge is 2.34. The molecule has 5 rings (SSSR count). The van der Waals surface area contributed by atoms with Crippen LogP contribution in [0.15, 0.2) is 67.9 Å². The summed E-state index contributed by atoms with van der Waals surface area (Å²) in [4.78, 5) is 17.5. The van der Waals surface area contributed by atoms with Gasteiger partial charge in [-0.1, -0.05) is 26.0 Å². The molecule has 1 aromatic carbocycles. The fourth-order valence-corrected chi connectivity index (χ4v) is 7.13. The smallest absolute Gasteiger partial charge is 0.118 e. The average Bonchev–Trinajstić information content (AvgIpc) is 3.62. The Balaban J connectivity index is 1.68. The first kappa shape index (κ1) is 30.3. The predicted molar refractivity (Wildman–Crippen MR) is 183 cm³/mol. The van der Waals surface area contributed by atoms with Crippen LogP contribution in [0.1, 0.15) is 98.1 Å². The van der Waals surface area contributed by atoms with Gasteiger partial charge in [-0.2, -0.15) is 0 Å². The third-order valence-corrected chi connectivity index (χ3v) is 9.49. The molecule has 0 radical (unpaired) electrons. The van der Waals surface area contributed by atoms with Crippen LogP contribution in [0.5, 0.6) is 5.75 Å². The monoisotopic (exact) mass is 574 g/mol. The van der Waals surface area contributed by atoms with Crippen molar-refractivity contribution in [2.45, 2.75) is 88.0 Å². The van der Waals surface area contributed by atoms with Gasteiger partial charge in [0.15, 0.2) is 0 Å². The summed E-state index contributed by atoms with van der Waals surface area (Å²) in [6, 6.07) is 8.48. The van der Waals surface area contributed by atoms with Gasteiger partial charge in [0.05, 0.1) is 18.5 Å². The molecule has 3 aromatic rings. The van der Waals surface area contributed by atoms with Gasteiger partial charge < -0.3 is 14.7 Å². The summed E-state index contributed by atoms with van der Waals surface area (Å²) in [5, 5.41) is 0. The van der Waals surface area contributed by atoms with Gasteiger partial charge in [-0.3, -0.25) is 9.98 Å². The van der Waals surface area contributed by atoms with Crippen LogP contribution in [0, 0.1) is 27.7 Å². The molecule has 1 unspecified atom stereocenters. The molecular weight excluding hydrogens is 528 g/mol. The van der Waals surface area contributed by atoms with Crippen molar-refractivity contribution in [3.8, 4) is 5.75 Å². The van der Waals surface area contributed by atoms with Gasteiger partial charge in [-0.05, 0) is 143 Å². The van der Waals surface area contributed by atoms with Gasteiger partial charge in [-0.15, -0.1) is 0 Å². The van der Waals surface area contributed by atoms with Gasteiger partial charge in [0.2, 0.25) is 0 Å². The molecule has 4 heterocycles. The summed E-state index contributed by atoms with van der Waals surface area (Å²) >= 11 is 0. The zero-order valence-corrected chi connectivity index (χ0v) is 27.8. The van der Waals surface area contributed by atoms with E-state index in [0.29, 0.717) is 0 Å². The summed E-state index contributed by atoms with van der Waals surface area (Å²) in [5.74, 6) is 0.841. The van der Waals surface area contributed by atoms with Crippen LogP contribution in [0.2, 0.25) is 0 Å². The second kappa shape index (κ2) is 11.9. The van der Waals surface area contributed by atoms with E-state index in [1.165, 1.54) is 61.5 Å². The highest BCUT2D eigenvalue weighted by atomic mass is 16.5. The first-order chi connectivity index (χ1) is 20.5. The molecule has 2 aromatic heterocycles. The summed E-state index contributed by atoms with van der Waals surface area (Å²) in [7, 11) is 1.71. The predicted octanol–water partition coefficient (Wildman–Crippen LogP) is 9.46. The van der Waals surface area contributed by atoms with Crippen molar-refractivity contribution in [1.29, 1.82) is 0 Å². The average molecular weight is 575 g/mol. The first-order valence-corrected chi connectivity index (χ1v) is 15.5. The molecule has 0 saturated heterocycles. The number of aromatic nitrogens is 2. The molecule has 2 aliphatic heterocycles. The molecule has 0 spiro atoms. The second-order valence-electron chi connectivity index (χ2n) is 12.0. The number of nitrogens with one attached hydrogen (secondary N) is 2. The van der Waals surface area contributed by atoms with E-state index in [9.17, 15) is 0 Å². The lowest BCUT2D eigenvalue weighted by Gasteiger charge is -2.24. The van der Waals surface area contributed by atoms with E-state index < -0.39 is 0 Å². The van der Waals surface area contributed by atoms with E-state index in [4.69, 9.17) is 14.7 Å². The number of methoxy groups -OCH3 is 1. The number of benzene rings is 1. The summed E-state index contributed by atoms with van der Waals surface area (Å²) < 4.78 is 5.52. The number of hydrogen-bond donors (Lipinski definition) is 2. The number of allylic oxidation sites excluding steroid dienone is 4. The summed E-state index contributed by atoms with van der Waals surface area (Å²) in [6.45, 7) is 21.9. The third kappa shape index (κ3) is 5.30. The van der Waals surface area contributed by atoms with Crippen molar-refractivity contribution in [2.24, 2.45) is 9.98 Å². The quantitative estimate of drug-likeness (QED) is 0.276. The normalized spacial score (nSPS) is 17.9. The van der Waals surface area contributed by atoms with Crippen LogP contribution >= 0.6 is 0 Å². The topological polar surface area (TPSA) is 65.5 Å². The lowest BCUT2D eigenvalue weighted by molar-refractivity contribution is 0.414. The molecule has 2 N–H and O–H groups in total. The van der Waals surface area contributed by atoms with Gasteiger partial charge in [-0.25, -0.2) is 0 Å². The van der Waals surface area contributed by atoms with E-state index in [1.807, 2.05) is 0 Å². The largest absolute Gasteiger partial charge is 0.497 e.